The predicted octanol–water partition coefficient (Wildman–Crippen LogP) is -0.797. The zero-order valence-electron chi connectivity index (χ0n) is 9.53. The number of aliphatic hydroxyl groups is 1. The second kappa shape index (κ2) is 5.66. The SMILES string of the molecule is C[C@@H](O)CNCC1CN(C)CCN1C. The van der Waals surface area contributed by atoms with Crippen LogP contribution in [0, 0.1) is 0 Å². The first-order valence-corrected chi connectivity index (χ1v) is 5.37. The summed E-state index contributed by atoms with van der Waals surface area (Å²) in [7, 11) is 4.33. The van der Waals surface area contributed by atoms with E-state index in [4.69, 9.17) is 5.11 Å². The number of likely N-dealkylation sites (N-methyl/N-ethyl adjacent to an activating group) is 2. The fourth-order valence-electron chi connectivity index (χ4n) is 1.78. The number of aliphatic hydroxyl groups excluding tert-OH is 1. The molecule has 0 spiro atoms. The van der Waals surface area contributed by atoms with Gasteiger partial charge in [0.05, 0.1) is 6.10 Å². The number of hydrogen-bond acceptors (Lipinski definition) is 4. The van der Waals surface area contributed by atoms with Gasteiger partial charge in [0.15, 0.2) is 0 Å². The van der Waals surface area contributed by atoms with E-state index in [-0.39, 0.29) is 6.10 Å². The van der Waals surface area contributed by atoms with Gasteiger partial charge >= 0.3 is 0 Å². The molecule has 1 heterocycles. The summed E-state index contributed by atoms with van der Waals surface area (Å²) >= 11 is 0. The molecule has 0 bridgehead atoms. The van der Waals surface area contributed by atoms with Crippen LogP contribution in [0.3, 0.4) is 0 Å². The van der Waals surface area contributed by atoms with Crippen LogP contribution in [-0.4, -0.2) is 73.9 Å². The zero-order chi connectivity index (χ0) is 10.6. The van der Waals surface area contributed by atoms with Gasteiger partial charge in [-0.3, -0.25) is 4.90 Å². The van der Waals surface area contributed by atoms with Crippen LogP contribution in [0.15, 0.2) is 0 Å². The van der Waals surface area contributed by atoms with E-state index in [9.17, 15) is 0 Å². The Kier molecular flexibility index (Phi) is 4.81. The summed E-state index contributed by atoms with van der Waals surface area (Å²) in [6.45, 7) is 6.87. The molecular formula is C10H23N3O. The summed E-state index contributed by atoms with van der Waals surface area (Å²) in [4.78, 5) is 4.74. The second-order valence-corrected chi connectivity index (χ2v) is 4.40. The lowest BCUT2D eigenvalue weighted by Gasteiger charge is -2.37. The molecule has 0 aromatic rings. The molecule has 4 heteroatoms. The molecule has 0 amide bonds. The first-order valence-electron chi connectivity index (χ1n) is 5.37. The van der Waals surface area contributed by atoms with E-state index in [1.54, 1.807) is 0 Å². The minimum absolute atomic E-state index is 0.248. The van der Waals surface area contributed by atoms with Crippen molar-refractivity contribution in [2.45, 2.75) is 19.1 Å². The molecule has 2 atom stereocenters. The molecule has 0 saturated carbocycles. The lowest BCUT2D eigenvalue weighted by atomic mass is 10.2. The van der Waals surface area contributed by atoms with Gasteiger partial charge in [-0.2, -0.15) is 0 Å². The molecule has 0 aliphatic carbocycles. The topological polar surface area (TPSA) is 38.7 Å². The Bertz CT molecular complexity index is 163. The monoisotopic (exact) mass is 201 g/mol. The molecule has 14 heavy (non-hydrogen) atoms. The predicted molar refractivity (Wildman–Crippen MR) is 58.5 cm³/mol. The van der Waals surface area contributed by atoms with E-state index in [0.717, 1.165) is 26.2 Å². The van der Waals surface area contributed by atoms with Gasteiger partial charge in [-0.15, -0.1) is 0 Å². The molecule has 1 aliphatic rings. The Balaban J connectivity index is 2.20. The number of nitrogens with one attached hydrogen (secondary N) is 1. The molecule has 0 aromatic carbocycles. The number of hydrogen-bond donors (Lipinski definition) is 2. The van der Waals surface area contributed by atoms with Crippen molar-refractivity contribution < 1.29 is 5.11 Å². The third-order valence-corrected chi connectivity index (χ3v) is 2.80. The Labute approximate surface area is 86.9 Å². The van der Waals surface area contributed by atoms with Gasteiger partial charge in [0, 0.05) is 38.8 Å². The first-order chi connectivity index (χ1) is 6.59. The van der Waals surface area contributed by atoms with Crippen molar-refractivity contribution in [3.05, 3.63) is 0 Å². The van der Waals surface area contributed by atoms with E-state index in [2.05, 4.69) is 29.2 Å². The van der Waals surface area contributed by atoms with Crippen LogP contribution in [0.4, 0.5) is 0 Å². The van der Waals surface area contributed by atoms with Crippen LogP contribution in [0.5, 0.6) is 0 Å². The van der Waals surface area contributed by atoms with Crippen LogP contribution in [-0.2, 0) is 0 Å². The number of nitrogens with zero attached hydrogens (tertiary/aromatic N) is 2. The fraction of sp³-hybridized carbons (Fsp3) is 1.00. The normalized spacial score (nSPS) is 27.9. The van der Waals surface area contributed by atoms with Crippen molar-refractivity contribution in [1.29, 1.82) is 0 Å². The third-order valence-electron chi connectivity index (χ3n) is 2.80. The Morgan fingerprint density at radius 2 is 2.14 bits per heavy atom. The molecule has 1 fully saturated rings. The highest BCUT2D eigenvalue weighted by atomic mass is 16.3. The minimum atomic E-state index is -0.248. The van der Waals surface area contributed by atoms with Crippen molar-refractivity contribution >= 4 is 0 Å². The maximum Gasteiger partial charge on any atom is 0.0636 e. The molecule has 4 nitrogen and oxygen atoms in total. The summed E-state index contributed by atoms with van der Waals surface area (Å²) in [6, 6.07) is 0.576. The maximum atomic E-state index is 9.11. The number of piperazine rings is 1. The molecule has 1 saturated heterocycles. The van der Waals surface area contributed by atoms with E-state index >= 15 is 0 Å². The van der Waals surface area contributed by atoms with Gasteiger partial charge in [-0.1, -0.05) is 0 Å². The molecule has 84 valence electrons. The van der Waals surface area contributed by atoms with Crippen LogP contribution >= 0.6 is 0 Å². The van der Waals surface area contributed by atoms with E-state index in [0.29, 0.717) is 12.6 Å². The Morgan fingerprint density at radius 1 is 1.43 bits per heavy atom. The molecule has 1 unspecified atom stereocenters. The molecule has 2 N–H and O–H groups in total. The van der Waals surface area contributed by atoms with E-state index in [1.165, 1.54) is 0 Å². The molecule has 0 radical (unpaired) electrons. The second-order valence-electron chi connectivity index (χ2n) is 4.40. The van der Waals surface area contributed by atoms with Gasteiger partial charge in [0.25, 0.3) is 0 Å². The van der Waals surface area contributed by atoms with Crippen molar-refractivity contribution in [2.24, 2.45) is 0 Å². The Morgan fingerprint density at radius 3 is 2.79 bits per heavy atom. The van der Waals surface area contributed by atoms with Crippen molar-refractivity contribution in [3.63, 3.8) is 0 Å². The first kappa shape index (κ1) is 11.9. The van der Waals surface area contributed by atoms with Gasteiger partial charge in [0.2, 0.25) is 0 Å². The fourth-order valence-corrected chi connectivity index (χ4v) is 1.78. The largest absolute Gasteiger partial charge is 0.392 e. The summed E-state index contributed by atoms with van der Waals surface area (Å²) < 4.78 is 0. The van der Waals surface area contributed by atoms with Gasteiger partial charge in [-0.25, -0.2) is 0 Å². The minimum Gasteiger partial charge on any atom is -0.392 e. The Hall–Kier alpha value is -0.160. The van der Waals surface area contributed by atoms with Crippen molar-refractivity contribution in [2.75, 3.05) is 46.8 Å². The third kappa shape index (κ3) is 3.92. The van der Waals surface area contributed by atoms with Crippen LogP contribution in [0.25, 0.3) is 0 Å². The molecule has 1 rings (SSSR count). The lowest BCUT2D eigenvalue weighted by Crippen LogP contribution is -2.54. The molecule has 0 aromatic heterocycles. The summed E-state index contributed by atoms with van der Waals surface area (Å²) in [5.74, 6) is 0. The molecular weight excluding hydrogens is 178 g/mol. The van der Waals surface area contributed by atoms with Gasteiger partial charge < -0.3 is 15.3 Å². The molecule has 1 aliphatic heterocycles. The zero-order valence-corrected chi connectivity index (χ0v) is 9.53. The van der Waals surface area contributed by atoms with Crippen LogP contribution in [0.2, 0.25) is 0 Å². The van der Waals surface area contributed by atoms with Gasteiger partial charge in [0.1, 0.15) is 0 Å². The number of rotatable bonds is 4. The average Bonchev–Trinajstić information content (AvgIpc) is 2.10. The highest BCUT2D eigenvalue weighted by molar-refractivity contribution is 4.80. The maximum absolute atomic E-state index is 9.11. The lowest BCUT2D eigenvalue weighted by molar-refractivity contribution is 0.109. The van der Waals surface area contributed by atoms with Crippen molar-refractivity contribution in [1.82, 2.24) is 15.1 Å². The summed E-state index contributed by atoms with van der Waals surface area (Å²) in [5, 5.41) is 12.4. The van der Waals surface area contributed by atoms with E-state index < -0.39 is 0 Å². The van der Waals surface area contributed by atoms with Gasteiger partial charge in [-0.05, 0) is 21.0 Å². The summed E-state index contributed by atoms with van der Waals surface area (Å²) in [6.07, 6.45) is -0.248. The average molecular weight is 201 g/mol. The smallest absolute Gasteiger partial charge is 0.0636 e. The quantitative estimate of drug-likeness (QED) is 0.625. The van der Waals surface area contributed by atoms with Crippen LogP contribution in [0.1, 0.15) is 6.92 Å². The van der Waals surface area contributed by atoms with E-state index in [1.807, 2.05) is 6.92 Å². The highest BCUT2D eigenvalue weighted by Gasteiger charge is 2.21. The standard InChI is InChI=1S/C10H23N3O/c1-9(14)6-11-7-10-8-12(2)4-5-13(10)3/h9-11,14H,4-8H2,1-3H3/t9-,10?/m1/s1. The summed E-state index contributed by atoms with van der Waals surface area (Å²) in [5.41, 5.74) is 0. The van der Waals surface area contributed by atoms with Crippen LogP contribution < -0.4 is 5.32 Å². The van der Waals surface area contributed by atoms with Crippen molar-refractivity contribution in [3.8, 4) is 0 Å². The highest BCUT2D eigenvalue weighted by Crippen LogP contribution is 2.04.